The van der Waals surface area contributed by atoms with E-state index >= 15 is 0 Å². The van der Waals surface area contributed by atoms with Gasteiger partial charge in [0.05, 0.1) is 18.8 Å². The average Bonchev–Trinajstić information content (AvgIpc) is 2.76. The zero-order valence-corrected chi connectivity index (χ0v) is 18.4. The lowest BCUT2D eigenvalue weighted by Crippen LogP contribution is -2.09. The van der Waals surface area contributed by atoms with Crippen molar-refractivity contribution >= 4 is 16.9 Å². The van der Waals surface area contributed by atoms with Gasteiger partial charge in [-0.2, -0.15) is 0 Å². The van der Waals surface area contributed by atoms with Gasteiger partial charge >= 0.3 is 11.6 Å². The summed E-state index contributed by atoms with van der Waals surface area (Å²) >= 11 is 0. The number of benzene rings is 2. The van der Waals surface area contributed by atoms with Gasteiger partial charge < -0.3 is 18.6 Å². The Balaban J connectivity index is 1.80. The lowest BCUT2D eigenvalue weighted by atomic mass is 10.0. The summed E-state index contributed by atoms with van der Waals surface area (Å²) in [5.74, 6) is 0.598. The summed E-state index contributed by atoms with van der Waals surface area (Å²) in [5.41, 5.74) is 2.92. The van der Waals surface area contributed by atoms with Crippen molar-refractivity contribution in [2.45, 2.75) is 47.1 Å². The molecule has 3 rings (SSSR count). The second kappa shape index (κ2) is 10.2. The van der Waals surface area contributed by atoms with Crippen LogP contribution < -0.4 is 15.1 Å². The zero-order valence-electron chi connectivity index (χ0n) is 18.4. The number of hydrogen-bond donors (Lipinski definition) is 0. The van der Waals surface area contributed by atoms with Crippen LogP contribution in [0.2, 0.25) is 0 Å². The van der Waals surface area contributed by atoms with Crippen molar-refractivity contribution in [1.29, 1.82) is 0 Å². The normalized spacial score (nSPS) is 10.8. The first-order valence-electron chi connectivity index (χ1n) is 10.5. The van der Waals surface area contributed by atoms with Crippen LogP contribution in [-0.4, -0.2) is 19.2 Å². The molecule has 1 aromatic heterocycles. The Bertz CT molecular complexity index is 1130. The molecule has 0 saturated heterocycles. The molecule has 0 radical (unpaired) electrons. The molecule has 0 fully saturated rings. The van der Waals surface area contributed by atoms with E-state index in [1.807, 2.05) is 32.9 Å². The fourth-order valence-electron chi connectivity index (χ4n) is 3.22. The van der Waals surface area contributed by atoms with Crippen molar-refractivity contribution in [2.24, 2.45) is 0 Å². The highest BCUT2D eigenvalue weighted by Gasteiger charge is 2.15. The molecule has 0 amide bonds. The minimum Gasteiger partial charge on any atom is -0.490 e. The first-order chi connectivity index (χ1) is 14.9. The number of unbranched alkanes of at least 4 members (excludes halogenated alkanes) is 1. The molecule has 0 aliphatic heterocycles. The van der Waals surface area contributed by atoms with Gasteiger partial charge in [-0.15, -0.1) is 0 Å². The molecule has 0 unspecified atom stereocenters. The van der Waals surface area contributed by atoms with Crippen LogP contribution in [0.3, 0.4) is 0 Å². The zero-order chi connectivity index (χ0) is 22.4. The van der Waals surface area contributed by atoms with E-state index in [1.54, 1.807) is 18.2 Å². The molecule has 0 N–H and O–H groups in total. The van der Waals surface area contributed by atoms with Crippen LogP contribution in [0.1, 0.15) is 53.7 Å². The molecule has 1 heterocycles. The Morgan fingerprint density at radius 3 is 2.55 bits per heavy atom. The highest BCUT2D eigenvalue weighted by Crippen LogP contribution is 2.29. The maximum Gasteiger partial charge on any atom is 0.338 e. The minimum atomic E-state index is -0.508. The largest absolute Gasteiger partial charge is 0.490 e. The fraction of sp³-hybridized carbons (Fsp3) is 0.360. The molecule has 3 aromatic rings. The lowest BCUT2D eigenvalue weighted by molar-refractivity contribution is 0.0473. The van der Waals surface area contributed by atoms with Gasteiger partial charge in [-0.25, -0.2) is 9.59 Å². The maximum absolute atomic E-state index is 12.7. The second-order valence-corrected chi connectivity index (χ2v) is 7.35. The first-order valence-corrected chi connectivity index (χ1v) is 10.5. The molecule has 31 heavy (non-hydrogen) atoms. The molecule has 0 spiro atoms. The Labute approximate surface area is 181 Å². The molecule has 0 atom stereocenters. The van der Waals surface area contributed by atoms with Gasteiger partial charge in [0.25, 0.3) is 0 Å². The molecule has 0 saturated carbocycles. The van der Waals surface area contributed by atoms with E-state index in [1.165, 1.54) is 6.07 Å². The van der Waals surface area contributed by atoms with Gasteiger partial charge in [0, 0.05) is 17.0 Å². The number of carbonyl (C=O) groups is 1. The Morgan fingerprint density at radius 2 is 1.81 bits per heavy atom. The SMILES string of the molecule is CCCCOc1ccc(C(=O)OCc2cc(=O)oc3c(C)c(C)ccc23)cc1OCC. The fourth-order valence-corrected chi connectivity index (χ4v) is 3.22. The van der Waals surface area contributed by atoms with E-state index in [0.717, 1.165) is 29.4 Å². The van der Waals surface area contributed by atoms with Gasteiger partial charge in [-0.05, 0) is 56.5 Å². The summed E-state index contributed by atoms with van der Waals surface area (Å²) in [4.78, 5) is 24.7. The van der Waals surface area contributed by atoms with Gasteiger partial charge in [0.1, 0.15) is 12.2 Å². The summed E-state index contributed by atoms with van der Waals surface area (Å²) in [6.45, 7) is 8.81. The Morgan fingerprint density at radius 1 is 1.00 bits per heavy atom. The molecular formula is C25H28O6. The molecule has 164 valence electrons. The van der Waals surface area contributed by atoms with E-state index in [-0.39, 0.29) is 6.61 Å². The highest BCUT2D eigenvalue weighted by molar-refractivity contribution is 5.90. The molecule has 0 aliphatic carbocycles. The summed E-state index contributed by atoms with van der Waals surface area (Å²) in [6.07, 6.45) is 1.97. The van der Waals surface area contributed by atoms with Crippen molar-refractivity contribution in [3.63, 3.8) is 0 Å². The quantitative estimate of drug-likeness (QED) is 0.262. The number of esters is 1. The van der Waals surface area contributed by atoms with Crippen LogP contribution in [-0.2, 0) is 11.3 Å². The smallest absolute Gasteiger partial charge is 0.338 e. The molecule has 2 aromatic carbocycles. The third-order valence-electron chi connectivity index (χ3n) is 5.11. The van der Waals surface area contributed by atoms with Crippen LogP contribution in [0.25, 0.3) is 11.0 Å². The molecule has 0 aliphatic rings. The van der Waals surface area contributed by atoms with Gasteiger partial charge in [-0.1, -0.05) is 25.5 Å². The Hall–Kier alpha value is -3.28. The summed E-state index contributed by atoms with van der Waals surface area (Å²) < 4.78 is 22.3. The third-order valence-corrected chi connectivity index (χ3v) is 5.11. The summed E-state index contributed by atoms with van der Waals surface area (Å²) in [7, 11) is 0. The average molecular weight is 424 g/mol. The maximum atomic E-state index is 12.7. The van der Waals surface area contributed by atoms with E-state index in [2.05, 4.69) is 6.92 Å². The van der Waals surface area contributed by atoms with E-state index in [4.69, 9.17) is 18.6 Å². The monoisotopic (exact) mass is 424 g/mol. The predicted octanol–water partition coefficient (Wildman–Crippen LogP) is 5.34. The number of rotatable bonds is 9. The third kappa shape index (κ3) is 5.26. The molecule has 6 nitrogen and oxygen atoms in total. The number of fused-ring (bicyclic) bond motifs is 1. The van der Waals surface area contributed by atoms with Crippen LogP contribution in [0, 0.1) is 13.8 Å². The molecule has 6 heteroatoms. The molecule has 0 bridgehead atoms. The Kier molecular flexibility index (Phi) is 7.34. The van der Waals surface area contributed by atoms with E-state index < -0.39 is 11.6 Å². The predicted molar refractivity (Wildman–Crippen MR) is 119 cm³/mol. The second-order valence-electron chi connectivity index (χ2n) is 7.35. The van der Waals surface area contributed by atoms with Gasteiger partial charge in [0.2, 0.25) is 0 Å². The van der Waals surface area contributed by atoms with Crippen LogP contribution in [0.5, 0.6) is 11.5 Å². The van der Waals surface area contributed by atoms with Gasteiger partial charge in [-0.3, -0.25) is 0 Å². The van der Waals surface area contributed by atoms with Crippen molar-refractivity contribution in [1.82, 2.24) is 0 Å². The van der Waals surface area contributed by atoms with Crippen molar-refractivity contribution in [2.75, 3.05) is 13.2 Å². The number of aryl methyl sites for hydroxylation is 2. The lowest BCUT2D eigenvalue weighted by Gasteiger charge is -2.13. The summed E-state index contributed by atoms with van der Waals surface area (Å²) in [6, 6.07) is 10.2. The van der Waals surface area contributed by atoms with Crippen LogP contribution in [0.4, 0.5) is 0 Å². The molecular weight excluding hydrogens is 396 g/mol. The van der Waals surface area contributed by atoms with Crippen LogP contribution >= 0.6 is 0 Å². The number of ether oxygens (including phenoxy) is 3. The van der Waals surface area contributed by atoms with E-state index in [0.29, 0.717) is 41.4 Å². The highest BCUT2D eigenvalue weighted by atomic mass is 16.5. The van der Waals surface area contributed by atoms with Crippen molar-refractivity contribution in [3.05, 3.63) is 69.1 Å². The minimum absolute atomic E-state index is 0.0395. The number of carbonyl (C=O) groups excluding carboxylic acids is 1. The van der Waals surface area contributed by atoms with Crippen molar-refractivity contribution < 1.29 is 23.4 Å². The topological polar surface area (TPSA) is 75.0 Å². The van der Waals surface area contributed by atoms with E-state index in [9.17, 15) is 9.59 Å². The van der Waals surface area contributed by atoms with Crippen LogP contribution in [0.15, 0.2) is 45.6 Å². The van der Waals surface area contributed by atoms with Gasteiger partial charge in [0.15, 0.2) is 11.5 Å². The van der Waals surface area contributed by atoms with Crippen molar-refractivity contribution in [3.8, 4) is 11.5 Å². The summed E-state index contributed by atoms with van der Waals surface area (Å²) in [5, 5.41) is 0.755. The first kappa shape index (κ1) is 22.4. The number of hydrogen-bond acceptors (Lipinski definition) is 6. The standard InChI is InChI=1S/C25H28O6/c1-5-7-12-29-21-11-9-18(13-22(21)28-6-2)25(27)30-15-19-14-23(26)31-24-17(4)16(3)8-10-20(19)24/h8-11,13-14H,5-7,12,15H2,1-4H3.